The Morgan fingerprint density at radius 3 is 2.65 bits per heavy atom. The highest BCUT2D eigenvalue weighted by molar-refractivity contribution is 8.00. The molecule has 0 radical (unpaired) electrons. The summed E-state index contributed by atoms with van der Waals surface area (Å²) in [6, 6.07) is 3.56. The van der Waals surface area contributed by atoms with Crippen LogP contribution in [0.4, 0.5) is 5.69 Å². The molecular formula is C12H13NO6S. The van der Waals surface area contributed by atoms with Gasteiger partial charge in [0.2, 0.25) is 0 Å². The summed E-state index contributed by atoms with van der Waals surface area (Å²) in [4.78, 5) is 32.8. The number of thioether (sulfide) groups is 1. The molecule has 1 rings (SSSR count). The first kappa shape index (κ1) is 16.0. The van der Waals surface area contributed by atoms with E-state index >= 15 is 0 Å². The number of carboxylic acid groups (broad SMARTS) is 1. The van der Waals surface area contributed by atoms with E-state index < -0.39 is 22.1 Å². The van der Waals surface area contributed by atoms with Gasteiger partial charge < -0.3 is 9.84 Å². The van der Waals surface area contributed by atoms with E-state index in [9.17, 15) is 19.7 Å². The lowest BCUT2D eigenvalue weighted by atomic mass is 10.2. The second kappa shape index (κ2) is 6.90. The Bertz CT molecular complexity index is 545. The number of ether oxygens (including phenoxy) is 1. The van der Waals surface area contributed by atoms with E-state index in [4.69, 9.17) is 9.84 Å². The first-order valence-corrected chi connectivity index (χ1v) is 6.59. The predicted octanol–water partition coefficient (Wildman–Crippen LogP) is 2.34. The molecule has 0 amide bonds. The lowest BCUT2D eigenvalue weighted by Gasteiger charge is -2.10. The van der Waals surface area contributed by atoms with Gasteiger partial charge in [-0.1, -0.05) is 0 Å². The van der Waals surface area contributed by atoms with Crippen LogP contribution in [0.25, 0.3) is 0 Å². The van der Waals surface area contributed by atoms with Gasteiger partial charge in [0.1, 0.15) is 5.25 Å². The Morgan fingerprint density at radius 2 is 2.15 bits per heavy atom. The Balaban J connectivity index is 3.03. The van der Waals surface area contributed by atoms with E-state index in [-0.39, 0.29) is 22.8 Å². The van der Waals surface area contributed by atoms with Crippen LogP contribution in [0.15, 0.2) is 23.1 Å². The molecule has 8 heteroatoms. The van der Waals surface area contributed by atoms with Gasteiger partial charge >= 0.3 is 11.9 Å². The quantitative estimate of drug-likeness (QED) is 0.372. The van der Waals surface area contributed by atoms with Crippen LogP contribution in [0.3, 0.4) is 0 Å². The van der Waals surface area contributed by atoms with E-state index in [0.29, 0.717) is 0 Å². The number of rotatable bonds is 6. The molecule has 0 fully saturated rings. The van der Waals surface area contributed by atoms with Gasteiger partial charge in [-0.3, -0.25) is 14.9 Å². The summed E-state index contributed by atoms with van der Waals surface area (Å²) in [6.45, 7) is 3.46. The number of nitro groups is 1. The summed E-state index contributed by atoms with van der Waals surface area (Å²) in [5, 5.41) is 19.2. The molecular weight excluding hydrogens is 286 g/mol. The summed E-state index contributed by atoms with van der Waals surface area (Å²) in [5.74, 6) is -1.72. The molecule has 0 heterocycles. The van der Waals surface area contributed by atoms with Crippen molar-refractivity contribution in [3.63, 3.8) is 0 Å². The van der Waals surface area contributed by atoms with Crippen LogP contribution in [-0.4, -0.2) is 33.8 Å². The maximum Gasteiger partial charge on any atom is 0.335 e. The number of nitrogens with zero attached hydrogens (tertiary/aromatic N) is 1. The lowest BCUT2D eigenvalue weighted by Crippen LogP contribution is -2.16. The second-order valence-electron chi connectivity index (χ2n) is 3.76. The predicted molar refractivity (Wildman–Crippen MR) is 72.0 cm³/mol. The van der Waals surface area contributed by atoms with Crippen molar-refractivity contribution in [1.82, 2.24) is 0 Å². The molecule has 1 atom stereocenters. The third-order valence-corrected chi connectivity index (χ3v) is 3.47. The number of aromatic carboxylic acids is 1. The molecule has 108 valence electrons. The highest BCUT2D eigenvalue weighted by Gasteiger charge is 2.23. The fraction of sp³-hybridized carbons (Fsp3) is 0.333. The van der Waals surface area contributed by atoms with Gasteiger partial charge in [0.25, 0.3) is 5.69 Å². The molecule has 7 nitrogen and oxygen atoms in total. The summed E-state index contributed by atoms with van der Waals surface area (Å²) < 4.78 is 4.81. The van der Waals surface area contributed by atoms with Crippen molar-refractivity contribution in [2.75, 3.05) is 6.61 Å². The maximum atomic E-state index is 11.5. The van der Waals surface area contributed by atoms with Crippen LogP contribution >= 0.6 is 11.8 Å². The Morgan fingerprint density at radius 1 is 1.50 bits per heavy atom. The number of hydrogen-bond acceptors (Lipinski definition) is 6. The number of carboxylic acids is 1. The van der Waals surface area contributed by atoms with Gasteiger partial charge in [0, 0.05) is 6.07 Å². The molecule has 0 aliphatic heterocycles. The smallest absolute Gasteiger partial charge is 0.335 e. The van der Waals surface area contributed by atoms with Crippen LogP contribution < -0.4 is 0 Å². The zero-order chi connectivity index (χ0) is 15.3. The number of carbonyl (C=O) groups excluding carboxylic acids is 1. The van der Waals surface area contributed by atoms with Gasteiger partial charge in [-0.2, -0.15) is 0 Å². The van der Waals surface area contributed by atoms with Gasteiger partial charge in [-0.15, -0.1) is 11.8 Å². The largest absolute Gasteiger partial charge is 0.478 e. The van der Waals surface area contributed by atoms with Gasteiger partial charge in [0.05, 0.1) is 22.0 Å². The molecule has 0 spiro atoms. The molecule has 0 saturated heterocycles. The molecule has 1 unspecified atom stereocenters. The number of nitro benzene ring substituents is 1. The number of carbonyl (C=O) groups is 2. The molecule has 0 aliphatic rings. The first-order valence-electron chi connectivity index (χ1n) is 5.71. The van der Waals surface area contributed by atoms with Crippen LogP contribution in [0, 0.1) is 10.1 Å². The number of esters is 1. The second-order valence-corrected chi connectivity index (χ2v) is 5.14. The zero-order valence-electron chi connectivity index (χ0n) is 10.9. The minimum Gasteiger partial charge on any atom is -0.478 e. The molecule has 0 saturated carbocycles. The number of benzene rings is 1. The van der Waals surface area contributed by atoms with Crippen molar-refractivity contribution in [3.8, 4) is 0 Å². The molecule has 1 aromatic carbocycles. The average molecular weight is 299 g/mol. The van der Waals surface area contributed by atoms with E-state index in [1.165, 1.54) is 12.1 Å². The van der Waals surface area contributed by atoms with Crippen molar-refractivity contribution in [2.24, 2.45) is 0 Å². The topological polar surface area (TPSA) is 107 Å². The van der Waals surface area contributed by atoms with E-state index in [0.717, 1.165) is 17.8 Å². The molecule has 0 bridgehead atoms. The van der Waals surface area contributed by atoms with Gasteiger partial charge in [-0.25, -0.2) is 4.79 Å². The average Bonchev–Trinajstić information content (AvgIpc) is 2.38. The van der Waals surface area contributed by atoms with Crippen LogP contribution in [0.2, 0.25) is 0 Å². The molecule has 20 heavy (non-hydrogen) atoms. The molecule has 1 aromatic rings. The van der Waals surface area contributed by atoms with E-state index in [1.54, 1.807) is 13.8 Å². The Labute approximate surface area is 119 Å². The van der Waals surface area contributed by atoms with Crippen molar-refractivity contribution >= 4 is 29.4 Å². The SMILES string of the molecule is CCOC(=O)C(C)Sc1ccc(C(=O)O)cc1[N+](=O)[O-]. The zero-order valence-corrected chi connectivity index (χ0v) is 11.7. The van der Waals surface area contributed by atoms with Crippen LogP contribution in [0.1, 0.15) is 24.2 Å². The number of hydrogen-bond donors (Lipinski definition) is 1. The highest BCUT2D eigenvalue weighted by atomic mass is 32.2. The van der Waals surface area contributed by atoms with Gasteiger partial charge in [-0.05, 0) is 26.0 Å². The first-order chi connectivity index (χ1) is 9.36. The van der Waals surface area contributed by atoms with Crippen LogP contribution in [0.5, 0.6) is 0 Å². The monoisotopic (exact) mass is 299 g/mol. The summed E-state index contributed by atoms with van der Waals surface area (Å²) >= 11 is 0.958. The molecule has 0 aromatic heterocycles. The van der Waals surface area contributed by atoms with Crippen molar-refractivity contribution < 1.29 is 24.4 Å². The normalized spacial score (nSPS) is 11.7. The minimum atomic E-state index is -1.25. The summed E-state index contributed by atoms with van der Waals surface area (Å²) in [6.07, 6.45) is 0. The molecule has 1 N–H and O–H groups in total. The summed E-state index contributed by atoms with van der Waals surface area (Å²) in [7, 11) is 0. The third-order valence-electron chi connectivity index (χ3n) is 2.32. The maximum absolute atomic E-state index is 11.5. The minimum absolute atomic E-state index is 0.176. The lowest BCUT2D eigenvalue weighted by molar-refractivity contribution is -0.387. The molecule has 0 aliphatic carbocycles. The van der Waals surface area contributed by atoms with E-state index in [1.807, 2.05) is 0 Å². The van der Waals surface area contributed by atoms with Crippen LogP contribution in [-0.2, 0) is 9.53 Å². The fourth-order valence-corrected chi connectivity index (χ4v) is 2.34. The standard InChI is InChI=1S/C12H13NO6S/c1-3-19-12(16)7(2)20-10-5-4-8(11(14)15)6-9(10)13(17)18/h4-7H,3H2,1-2H3,(H,14,15). The summed E-state index contributed by atoms with van der Waals surface area (Å²) in [5.41, 5.74) is -0.518. The van der Waals surface area contributed by atoms with Crippen molar-refractivity contribution in [3.05, 3.63) is 33.9 Å². The fourth-order valence-electron chi connectivity index (χ4n) is 1.39. The Hall–Kier alpha value is -2.09. The Kier molecular flexibility index (Phi) is 5.51. The van der Waals surface area contributed by atoms with Crippen molar-refractivity contribution in [1.29, 1.82) is 0 Å². The van der Waals surface area contributed by atoms with E-state index in [2.05, 4.69) is 0 Å². The van der Waals surface area contributed by atoms with Gasteiger partial charge in [0.15, 0.2) is 0 Å². The highest BCUT2D eigenvalue weighted by Crippen LogP contribution is 2.33. The van der Waals surface area contributed by atoms with Crippen molar-refractivity contribution in [2.45, 2.75) is 24.0 Å². The third kappa shape index (κ3) is 3.95.